The van der Waals surface area contributed by atoms with Crippen LogP contribution in [0.25, 0.3) is 5.52 Å². The van der Waals surface area contributed by atoms with Crippen LogP contribution in [0.1, 0.15) is 39.5 Å². The van der Waals surface area contributed by atoms with Crippen LogP contribution in [-0.4, -0.2) is 27.2 Å². The van der Waals surface area contributed by atoms with Crippen molar-refractivity contribution >= 4 is 23.0 Å². The molecule has 0 aliphatic heterocycles. The molecule has 128 valence electrons. The molecular formula is C19H15N5O2. The normalized spacial score (nSPS) is 13.2. The molecule has 2 amide bonds. The van der Waals surface area contributed by atoms with Gasteiger partial charge in [-0.15, -0.1) is 0 Å². The lowest BCUT2D eigenvalue weighted by Gasteiger charge is -2.03. The molecule has 0 atom stereocenters. The summed E-state index contributed by atoms with van der Waals surface area (Å²) in [5.41, 5.74) is 1.79. The monoisotopic (exact) mass is 345 g/mol. The number of nitriles is 1. The van der Waals surface area contributed by atoms with Crippen LogP contribution in [0, 0.1) is 11.3 Å². The van der Waals surface area contributed by atoms with Crippen molar-refractivity contribution in [3.63, 3.8) is 0 Å². The predicted molar refractivity (Wildman–Crippen MR) is 94.8 cm³/mol. The summed E-state index contributed by atoms with van der Waals surface area (Å²) in [6.45, 7) is 0. The van der Waals surface area contributed by atoms with E-state index in [1.165, 1.54) is 0 Å². The summed E-state index contributed by atoms with van der Waals surface area (Å²) in [5, 5.41) is 14.5. The van der Waals surface area contributed by atoms with Gasteiger partial charge in [-0.05, 0) is 49.2 Å². The van der Waals surface area contributed by atoms with Crippen molar-refractivity contribution in [1.82, 2.24) is 14.7 Å². The molecular weight excluding hydrogens is 330 g/mol. The smallest absolute Gasteiger partial charge is 0.287 e. The maximum atomic E-state index is 12.7. The van der Waals surface area contributed by atoms with E-state index in [1.54, 1.807) is 53.1 Å². The molecule has 0 bridgehead atoms. The zero-order valence-electron chi connectivity index (χ0n) is 13.8. The van der Waals surface area contributed by atoms with E-state index in [0.29, 0.717) is 16.8 Å². The molecule has 1 aromatic carbocycles. The Balaban J connectivity index is 1.65. The molecule has 0 spiro atoms. The topological polar surface area (TPSA) is 99.3 Å². The third kappa shape index (κ3) is 3.00. The van der Waals surface area contributed by atoms with Crippen molar-refractivity contribution in [2.24, 2.45) is 0 Å². The minimum Gasteiger partial charge on any atom is -0.347 e. The summed E-state index contributed by atoms with van der Waals surface area (Å²) in [7, 11) is 0. The van der Waals surface area contributed by atoms with Gasteiger partial charge in [0.25, 0.3) is 11.8 Å². The Labute approximate surface area is 149 Å². The highest BCUT2D eigenvalue weighted by atomic mass is 16.2. The van der Waals surface area contributed by atoms with Crippen molar-refractivity contribution in [3.05, 3.63) is 65.7 Å². The molecule has 2 aromatic heterocycles. The third-order valence-corrected chi connectivity index (χ3v) is 4.15. The van der Waals surface area contributed by atoms with Gasteiger partial charge >= 0.3 is 0 Å². The molecule has 4 rings (SSSR count). The number of imidazole rings is 1. The summed E-state index contributed by atoms with van der Waals surface area (Å²) in [6, 6.07) is 14.1. The fourth-order valence-electron chi connectivity index (χ4n) is 2.66. The number of anilines is 1. The lowest BCUT2D eigenvalue weighted by Crippen LogP contribution is -2.27. The van der Waals surface area contributed by atoms with Gasteiger partial charge in [-0.3, -0.25) is 14.0 Å². The van der Waals surface area contributed by atoms with E-state index in [2.05, 4.69) is 15.6 Å². The van der Waals surface area contributed by atoms with Crippen LogP contribution in [0.4, 0.5) is 5.69 Å². The number of fused-ring (bicyclic) bond motifs is 1. The summed E-state index contributed by atoms with van der Waals surface area (Å²) in [6.07, 6.45) is 3.66. The Morgan fingerprint density at radius 2 is 1.88 bits per heavy atom. The number of benzene rings is 1. The first kappa shape index (κ1) is 15.8. The molecule has 7 heteroatoms. The summed E-state index contributed by atoms with van der Waals surface area (Å²) < 4.78 is 1.62. The van der Waals surface area contributed by atoms with Crippen LogP contribution < -0.4 is 10.6 Å². The van der Waals surface area contributed by atoms with Crippen molar-refractivity contribution in [2.75, 3.05) is 5.32 Å². The number of hydrogen-bond donors (Lipinski definition) is 2. The number of nitrogens with one attached hydrogen (secondary N) is 2. The average molecular weight is 345 g/mol. The number of carbonyl (C=O) groups is 2. The van der Waals surface area contributed by atoms with Crippen LogP contribution in [0.2, 0.25) is 0 Å². The number of pyridine rings is 1. The molecule has 1 aliphatic rings. The second-order valence-electron chi connectivity index (χ2n) is 6.13. The van der Waals surface area contributed by atoms with Gasteiger partial charge in [-0.25, -0.2) is 4.98 Å². The average Bonchev–Trinajstić information content (AvgIpc) is 3.39. The first-order valence-corrected chi connectivity index (χ1v) is 8.25. The molecule has 0 saturated heterocycles. The lowest BCUT2D eigenvalue weighted by molar-refractivity contribution is 0.0940. The highest BCUT2D eigenvalue weighted by molar-refractivity contribution is 6.09. The number of amides is 2. The molecule has 1 aliphatic carbocycles. The standard InChI is InChI=1S/C19H15N5O2/c20-11-12-4-6-13(7-5-12)21-18(25)16-15-3-1-2-10-24(15)17(23-16)19(26)22-14-8-9-14/h1-7,10,14H,8-9H2,(H,21,25)(H,22,26). The Bertz CT molecular complexity index is 1040. The Hall–Kier alpha value is -3.66. The maximum absolute atomic E-state index is 12.7. The van der Waals surface area contributed by atoms with E-state index in [-0.39, 0.29) is 23.5 Å². The minimum absolute atomic E-state index is 0.177. The van der Waals surface area contributed by atoms with Crippen LogP contribution in [0.15, 0.2) is 48.7 Å². The van der Waals surface area contributed by atoms with Crippen molar-refractivity contribution in [2.45, 2.75) is 18.9 Å². The van der Waals surface area contributed by atoms with Crippen LogP contribution >= 0.6 is 0 Å². The Kier molecular flexibility index (Phi) is 3.86. The Morgan fingerprint density at radius 3 is 2.58 bits per heavy atom. The lowest BCUT2D eigenvalue weighted by atomic mass is 10.2. The first-order valence-electron chi connectivity index (χ1n) is 8.25. The number of rotatable bonds is 4. The highest BCUT2D eigenvalue weighted by Crippen LogP contribution is 2.20. The molecule has 0 radical (unpaired) electrons. The predicted octanol–water partition coefficient (Wildman–Crippen LogP) is 2.35. The fourth-order valence-corrected chi connectivity index (χ4v) is 2.66. The summed E-state index contributed by atoms with van der Waals surface area (Å²) >= 11 is 0. The number of aromatic nitrogens is 2. The molecule has 26 heavy (non-hydrogen) atoms. The number of hydrogen-bond acceptors (Lipinski definition) is 4. The number of nitrogens with zero attached hydrogens (tertiary/aromatic N) is 3. The van der Waals surface area contributed by atoms with E-state index in [0.717, 1.165) is 12.8 Å². The quantitative estimate of drug-likeness (QED) is 0.758. The second kappa shape index (κ2) is 6.33. The van der Waals surface area contributed by atoms with E-state index in [4.69, 9.17) is 5.26 Å². The fraction of sp³-hybridized carbons (Fsp3) is 0.158. The van der Waals surface area contributed by atoms with Crippen molar-refractivity contribution in [1.29, 1.82) is 5.26 Å². The van der Waals surface area contributed by atoms with Gasteiger partial charge in [0, 0.05) is 17.9 Å². The van der Waals surface area contributed by atoms with Gasteiger partial charge in [-0.1, -0.05) is 6.07 Å². The Morgan fingerprint density at radius 1 is 1.12 bits per heavy atom. The van der Waals surface area contributed by atoms with Gasteiger partial charge in [0.2, 0.25) is 5.82 Å². The van der Waals surface area contributed by atoms with Gasteiger partial charge < -0.3 is 10.6 Å². The minimum atomic E-state index is -0.413. The van der Waals surface area contributed by atoms with Gasteiger partial charge in [0.15, 0.2) is 5.69 Å². The van der Waals surface area contributed by atoms with E-state index >= 15 is 0 Å². The largest absolute Gasteiger partial charge is 0.347 e. The van der Waals surface area contributed by atoms with Gasteiger partial charge in [-0.2, -0.15) is 5.26 Å². The molecule has 1 fully saturated rings. The van der Waals surface area contributed by atoms with Crippen molar-refractivity contribution in [3.8, 4) is 6.07 Å². The molecule has 2 N–H and O–H groups in total. The maximum Gasteiger partial charge on any atom is 0.287 e. The first-order chi connectivity index (χ1) is 12.7. The SMILES string of the molecule is N#Cc1ccc(NC(=O)c2nc(C(=O)NC3CC3)n3ccccc23)cc1. The van der Waals surface area contributed by atoms with E-state index in [1.807, 2.05) is 6.07 Å². The van der Waals surface area contributed by atoms with Crippen LogP contribution in [-0.2, 0) is 0 Å². The molecule has 3 aromatic rings. The summed E-state index contributed by atoms with van der Waals surface area (Å²) in [5.74, 6) is -0.507. The zero-order valence-corrected chi connectivity index (χ0v) is 13.8. The van der Waals surface area contributed by atoms with E-state index in [9.17, 15) is 9.59 Å². The van der Waals surface area contributed by atoms with Gasteiger partial charge in [0.05, 0.1) is 17.1 Å². The van der Waals surface area contributed by atoms with E-state index < -0.39 is 5.91 Å². The number of carbonyl (C=O) groups excluding carboxylic acids is 2. The molecule has 0 unspecified atom stereocenters. The van der Waals surface area contributed by atoms with Crippen molar-refractivity contribution < 1.29 is 9.59 Å². The zero-order chi connectivity index (χ0) is 18.1. The highest BCUT2D eigenvalue weighted by Gasteiger charge is 2.27. The second-order valence-corrected chi connectivity index (χ2v) is 6.13. The van der Waals surface area contributed by atoms with Crippen LogP contribution in [0.5, 0.6) is 0 Å². The molecule has 2 heterocycles. The summed E-state index contributed by atoms with van der Waals surface area (Å²) in [4.78, 5) is 29.4. The molecule has 7 nitrogen and oxygen atoms in total. The third-order valence-electron chi connectivity index (χ3n) is 4.15. The van der Waals surface area contributed by atoms with Gasteiger partial charge in [0.1, 0.15) is 0 Å². The van der Waals surface area contributed by atoms with Crippen LogP contribution in [0.3, 0.4) is 0 Å². The molecule has 1 saturated carbocycles.